The van der Waals surface area contributed by atoms with Crippen molar-refractivity contribution in [3.63, 3.8) is 0 Å². The summed E-state index contributed by atoms with van der Waals surface area (Å²) in [6.45, 7) is 5.07. The maximum Gasteiger partial charge on any atom is 0.225 e. The number of rotatable bonds is 5. The van der Waals surface area contributed by atoms with Gasteiger partial charge in [0, 0.05) is 18.5 Å². The summed E-state index contributed by atoms with van der Waals surface area (Å²) in [6.07, 6.45) is 4.14. The molecule has 0 aliphatic rings. The zero-order valence-electron chi connectivity index (χ0n) is 8.95. The predicted octanol–water partition coefficient (Wildman–Crippen LogP) is 2.97. The second kappa shape index (κ2) is 6.13. The smallest absolute Gasteiger partial charge is 0.225 e. The van der Waals surface area contributed by atoms with Crippen LogP contribution in [0.15, 0.2) is 12.4 Å². The summed E-state index contributed by atoms with van der Waals surface area (Å²) < 4.78 is 0. The Hall–Kier alpha value is -0.540. The van der Waals surface area contributed by atoms with E-state index in [2.05, 4.69) is 28.7 Å². The lowest BCUT2D eigenvalue weighted by Gasteiger charge is -2.26. The summed E-state index contributed by atoms with van der Waals surface area (Å²) in [5.41, 5.74) is 0. The molecule has 1 aromatic rings. The van der Waals surface area contributed by atoms with Gasteiger partial charge in [0.2, 0.25) is 5.95 Å². The molecule has 1 heterocycles. The quantitative estimate of drug-likeness (QED) is 0.750. The van der Waals surface area contributed by atoms with Crippen molar-refractivity contribution in [3.05, 3.63) is 17.4 Å². The first-order valence-electron chi connectivity index (χ1n) is 4.95. The normalized spacial score (nSPS) is 10.7. The zero-order chi connectivity index (χ0) is 11.3. The van der Waals surface area contributed by atoms with Crippen LogP contribution in [0.25, 0.3) is 0 Å². The fourth-order valence-electron chi connectivity index (χ4n) is 1.27. The Balaban J connectivity index is 2.74. The number of hydrogen-bond acceptors (Lipinski definition) is 3. The van der Waals surface area contributed by atoms with Gasteiger partial charge in [-0.25, -0.2) is 9.97 Å². The van der Waals surface area contributed by atoms with Gasteiger partial charge in [0.15, 0.2) is 0 Å². The van der Waals surface area contributed by atoms with E-state index >= 15 is 0 Å². The van der Waals surface area contributed by atoms with Crippen LogP contribution >= 0.6 is 23.2 Å². The molecule has 0 spiro atoms. The monoisotopic (exact) mass is 247 g/mol. The van der Waals surface area contributed by atoms with E-state index in [1.54, 1.807) is 12.4 Å². The molecule has 0 saturated heterocycles. The molecule has 0 bridgehead atoms. The van der Waals surface area contributed by atoms with Crippen molar-refractivity contribution in [3.8, 4) is 0 Å². The third-order valence-corrected chi connectivity index (χ3v) is 2.48. The Labute approximate surface area is 100 Å². The van der Waals surface area contributed by atoms with Crippen LogP contribution in [0.1, 0.15) is 20.3 Å². The van der Waals surface area contributed by atoms with Crippen LogP contribution in [-0.4, -0.2) is 28.4 Å². The van der Waals surface area contributed by atoms with Gasteiger partial charge in [0.05, 0.1) is 17.4 Å². The van der Waals surface area contributed by atoms with Gasteiger partial charge in [-0.05, 0) is 20.3 Å². The van der Waals surface area contributed by atoms with Crippen LogP contribution in [0.2, 0.25) is 5.02 Å². The molecule has 15 heavy (non-hydrogen) atoms. The van der Waals surface area contributed by atoms with Gasteiger partial charge in [-0.15, -0.1) is 11.6 Å². The van der Waals surface area contributed by atoms with Crippen molar-refractivity contribution in [2.75, 3.05) is 17.3 Å². The van der Waals surface area contributed by atoms with Gasteiger partial charge in [-0.2, -0.15) is 0 Å². The molecule has 0 fully saturated rings. The highest BCUT2D eigenvalue weighted by Gasteiger charge is 2.12. The highest BCUT2D eigenvalue weighted by atomic mass is 35.5. The third-order valence-electron chi connectivity index (χ3n) is 2.02. The number of alkyl halides is 1. The number of halogens is 2. The van der Waals surface area contributed by atoms with Gasteiger partial charge >= 0.3 is 0 Å². The van der Waals surface area contributed by atoms with Crippen LogP contribution in [0.4, 0.5) is 5.95 Å². The minimum Gasteiger partial charge on any atom is -0.338 e. The maximum absolute atomic E-state index is 5.74. The second-order valence-electron chi connectivity index (χ2n) is 3.53. The molecule has 0 aliphatic heterocycles. The van der Waals surface area contributed by atoms with Gasteiger partial charge in [-0.1, -0.05) is 11.6 Å². The van der Waals surface area contributed by atoms with Crippen molar-refractivity contribution in [1.82, 2.24) is 9.97 Å². The van der Waals surface area contributed by atoms with Gasteiger partial charge in [0.25, 0.3) is 0 Å². The van der Waals surface area contributed by atoms with Crippen molar-refractivity contribution in [2.45, 2.75) is 26.3 Å². The Morgan fingerprint density at radius 3 is 2.40 bits per heavy atom. The van der Waals surface area contributed by atoms with Crippen LogP contribution in [0.5, 0.6) is 0 Å². The molecule has 1 rings (SSSR count). The fourth-order valence-corrected chi connectivity index (χ4v) is 1.49. The summed E-state index contributed by atoms with van der Waals surface area (Å²) in [4.78, 5) is 10.5. The van der Waals surface area contributed by atoms with E-state index in [9.17, 15) is 0 Å². The van der Waals surface area contributed by atoms with E-state index in [1.807, 2.05) is 0 Å². The van der Waals surface area contributed by atoms with E-state index in [1.165, 1.54) is 0 Å². The third kappa shape index (κ3) is 3.84. The van der Waals surface area contributed by atoms with Crippen molar-refractivity contribution < 1.29 is 0 Å². The largest absolute Gasteiger partial charge is 0.338 e. The van der Waals surface area contributed by atoms with Crippen molar-refractivity contribution in [2.24, 2.45) is 0 Å². The van der Waals surface area contributed by atoms with Crippen LogP contribution in [0.3, 0.4) is 0 Å². The summed E-state index contributed by atoms with van der Waals surface area (Å²) in [7, 11) is 0. The summed E-state index contributed by atoms with van der Waals surface area (Å²) in [6, 6.07) is 0.356. The zero-order valence-corrected chi connectivity index (χ0v) is 10.5. The van der Waals surface area contributed by atoms with E-state index in [0.717, 1.165) is 13.0 Å². The number of hydrogen-bond donors (Lipinski definition) is 0. The molecule has 0 aromatic carbocycles. The molecule has 3 nitrogen and oxygen atoms in total. The molecule has 0 atom stereocenters. The van der Waals surface area contributed by atoms with Crippen LogP contribution < -0.4 is 4.90 Å². The Morgan fingerprint density at radius 1 is 1.33 bits per heavy atom. The summed E-state index contributed by atoms with van der Waals surface area (Å²) >= 11 is 11.4. The molecular formula is C10H15Cl2N3. The van der Waals surface area contributed by atoms with E-state index in [0.29, 0.717) is 22.9 Å². The van der Waals surface area contributed by atoms with Crippen LogP contribution in [-0.2, 0) is 0 Å². The van der Waals surface area contributed by atoms with Gasteiger partial charge < -0.3 is 4.90 Å². The molecular weight excluding hydrogens is 233 g/mol. The van der Waals surface area contributed by atoms with E-state index < -0.39 is 0 Å². The predicted molar refractivity (Wildman–Crippen MR) is 64.9 cm³/mol. The lowest BCUT2D eigenvalue weighted by molar-refractivity contribution is 0.653. The standard InChI is InChI=1S/C10H15Cl2N3/c1-8(2)15(5-3-4-11)10-13-6-9(12)7-14-10/h6-8H,3-5H2,1-2H3. The molecule has 0 N–H and O–H groups in total. The minimum absolute atomic E-state index is 0.356. The molecule has 0 unspecified atom stereocenters. The van der Waals surface area contributed by atoms with Gasteiger partial charge in [0.1, 0.15) is 0 Å². The SMILES string of the molecule is CC(C)N(CCCCl)c1ncc(Cl)cn1. The first-order chi connectivity index (χ1) is 7.15. The molecule has 1 aromatic heterocycles. The molecule has 0 radical (unpaired) electrons. The molecule has 0 aliphatic carbocycles. The maximum atomic E-state index is 5.74. The highest BCUT2D eigenvalue weighted by Crippen LogP contribution is 2.13. The molecule has 84 valence electrons. The van der Waals surface area contributed by atoms with Crippen molar-refractivity contribution >= 4 is 29.2 Å². The minimum atomic E-state index is 0.356. The molecule has 0 saturated carbocycles. The Kier molecular flexibility index (Phi) is 5.12. The van der Waals surface area contributed by atoms with Crippen molar-refractivity contribution in [1.29, 1.82) is 0 Å². The first-order valence-corrected chi connectivity index (χ1v) is 5.86. The highest BCUT2D eigenvalue weighted by molar-refractivity contribution is 6.30. The lowest BCUT2D eigenvalue weighted by atomic mass is 10.3. The number of aromatic nitrogens is 2. The average molecular weight is 248 g/mol. The average Bonchev–Trinajstić information content (AvgIpc) is 2.21. The molecule has 5 heteroatoms. The fraction of sp³-hybridized carbons (Fsp3) is 0.600. The Morgan fingerprint density at radius 2 is 1.93 bits per heavy atom. The van der Waals surface area contributed by atoms with E-state index in [-0.39, 0.29) is 0 Å². The lowest BCUT2D eigenvalue weighted by Crippen LogP contribution is -2.33. The van der Waals surface area contributed by atoms with Gasteiger partial charge in [-0.3, -0.25) is 0 Å². The number of anilines is 1. The summed E-state index contributed by atoms with van der Waals surface area (Å²) in [5.74, 6) is 1.36. The molecule has 0 amide bonds. The van der Waals surface area contributed by atoms with Crippen LogP contribution in [0, 0.1) is 0 Å². The Bertz CT molecular complexity index is 287. The second-order valence-corrected chi connectivity index (χ2v) is 4.35. The topological polar surface area (TPSA) is 29.0 Å². The number of nitrogens with zero attached hydrogens (tertiary/aromatic N) is 3. The first kappa shape index (κ1) is 12.5. The summed E-state index contributed by atoms with van der Waals surface area (Å²) in [5, 5.41) is 0.555. The van der Waals surface area contributed by atoms with E-state index in [4.69, 9.17) is 23.2 Å².